The summed E-state index contributed by atoms with van der Waals surface area (Å²) in [7, 11) is 0. The highest BCUT2D eigenvalue weighted by molar-refractivity contribution is 5.90. The summed E-state index contributed by atoms with van der Waals surface area (Å²) in [6, 6.07) is 9.60. The number of piperazine rings is 1. The largest absolute Gasteiger partial charge is 0.322 e. The van der Waals surface area contributed by atoms with Crippen molar-refractivity contribution in [2.24, 2.45) is 0 Å². The third kappa shape index (κ3) is 3.73. The first-order valence-corrected chi connectivity index (χ1v) is 7.44. The first-order chi connectivity index (χ1) is 10.2. The van der Waals surface area contributed by atoms with Gasteiger partial charge in [0.2, 0.25) is 0 Å². The second kappa shape index (κ2) is 7.09. The van der Waals surface area contributed by atoms with Crippen molar-refractivity contribution >= 4 is 11.7 Å². The fraction of sp³-hybridized carbons (Fsp3) is 0.500. The average Bonchev–Trinajstić information content (AvgIpc) is 2.54. The lowest BCUT2D eigenvalue weighted by Crippen LogP contribution is -2.52. The Morgan fingerprint density at radius 3 is 2.62 bits per heavy atom. The Kier molecular flexibility index (Phi) is 5.18. The standard InChI is InChI=1S/C16H22N4O/c1-3-13(2)19-8-10-20(11-9-19)16(21)18-15-7-5-4-6-14(15)12-17/h4-7,13H,3,8-11H2,1-2H3,(H,18,21). The highest BCUT2D eigenvalue weighted by atomic mass is 16.2. The lowest BCUT2D eigenvalue weighted by molar-refractivity contribution is 0.117. The van der Waals surface area contributed by atoms with Gasteiger partial charge in [0.15, 0.2) is 0 Å². The van der Waals surface area contributed by atoms with Gasteiger partial charge in [0.1, 0.15) is 6.07 Å². The number of amides is 2. The first-order valence-electron chi connectivity index (χ1n) is 7.44. The van der Waals surface area contributed by atoms with E-state index in [9.17, 15) is 4.79 Å². The number of nitriles is 1. The zero-order valence-corrected chi connectivity index (χ0v) is 12.7. The number of hydrogen-bond acceptors (Lipinski definition) is 3. The van der Waals surface area contributed by atoms with Crippen LogP contribution >= 0.6 is 0 Å². The molecule has 5 nitrogen and oxygen atoms in total. The second-order valence-electron chi connectivity index (χ2n) is 5.37. The number of para-hydroxylation sites is 1. The Morgan fingerprint density at radius 2 is 2.00 bits per heavy atom. The van der Waals surface area contributed by atoms with Crippen LogP contribution in [0.25, 0.3) is 0 Å². The van der Waals surface area contributed by atoms with Crippen molar-refractivity contribution in [3.63, 3.8) is 0 Å². The molecule has 0 bridgehead atoms. The molecular formula is C16H22N4O. The maximum Gasteiger partial charge on any atom is 0.321 e. The minimum atomic E-state index is -0.124. The van der Waals surface area contributed by atoms with Crippen LogP contribution in [-0.2, 0) is 0 Å². The SMILES string of the molecule is CCC(C)N1CCN(C(=O)Nc2ccccc2C#N)CC1. The summed E-state index contributed by atoms with van der Waals surface area (Å²) in [5, 5.41) is 11.9. The molecule has 1 aliphatic heterocycles. The van der Waals surface area contributed by atoms with E-state index in [0.717, 1.165) is 32.6 Å². The molecule has 0 saturated carbocycles. The molecule has 1 aliphatic rings. The Hall–Kier alpha value is -2.06. The summed E-state index contributed by atoms with van der Waals surface area (Å²) in [5.41, 5.74) is 1.07. The molecule has 1 aromatic rings. The minimum absolute atomic E-state index is 0.124. The van der Waals surface area contributed by atoms with E-state index in [-0.39, 0.29) is 6.03 Å². The van der Waals surface area contributed by atoms with Gasteiger partial charge in [-0.05, 0) is 25.5 Å². The number of urea groups is 1. The van der Waals surface area contributed by atoms with E-state index in [1.807, 2.05) is 11.0 Å². The number of nitrogens with one attached hydrogen (secondary N) is 1. The number of hydrogen-bond donors (Lipinski definition) is 1. The van der Waals surface area contributed by atoms with Gasteiger partial charge in [-0.2, -0.15) is 5.26 Å². The van der Waals surface area contributed by atoms with Crippen LogP contribution in [-0.4, -0.2) is 48.1 Å². The molecule has 0 aliphatic carbocycles. The molecule has 1 heterocycles. The van der Waals surface area contributed by atoms with Crippen LogP contribution in [0.5, 0.6) is 0 Å². The molecule has 0 spiro atoms. The predicted molar refractivity (Wildman–Crippen MR) is 83.1 cm³/mol. The molecule has 2 rings (SSSR count). The van der Waals surface area contributed by atoms with Crippen LogP contribution in [0.2, 0.25) is 0 Å². The zero-order valence-electron chi connectivity index (χ0n) is 12.7. The smallest absolute Gasteiger partial charge is 0.321 e. The zero-order chi connectivity index (χ0) is 15.2. The molecule has 1 saturated heterocycles. The van der Waals surface area contributed by atoms with Gasteiger partial charge in [-0.1, -0.05) is 19.1 Å². The van der Waals surface area contributed by atoms with E-state index in [0.29, 0.717) is 17.3 Å². The van der Waals surface area contributed by atoms with Crippen molar-refractivity contribution < 1.29 is 4.79 Å². The maximum absolute atomic E-state index is 12.3. The van der Waals surface area contributed by atoms with Crippen LogP contribution < -0.4 is 5.32 Å². The molecule has 21 heavy (non-hydrogen) atoms. The van der Waals surface area contributed by atoms with Gasteiger partial charge >= 0.3 is 6.03 Å². The Bertz CT molecular complexity index is 529. The summed E-state index contributed by atoms with van der Waals surface area (Å²) >= 11 is 0. The fourth-order valence-electron chi connectivity index (χ4n) is 2.51. The molecule has 5 heteroatoms. The van der Waals surface area contributed by atoms with Gasteiger partial charge in [0.05, 0.1) is 11.3 Å². The van der Waals surface area contributed by atoms with Crippen molar-refractivity contribution in [3.05, 3.63) is 29.8 Å². The maximum atomic E-state index is 12.3. The van der Waals surface area contributed by atoms with E-state index < -0.39 is 0 Å². The topological polar surface area (TPSA) is 59.4 Å². The van der Waals surface area contributed by atoms with Crippen LogP contribution in [0.4, 0.5) is 10.5 Å². The quantitative estimate of drug-likeness (QED) is 0.928. The van der Waals surface area contributed by atoms with Crippen LogP contribution in [0.3, 0.4) is 0 Å². The van der Waals surface area contributed by atoms with E-state index >= 15 is 0 Å². The van der Waals surface area contributed by atoms with Gasteiger partial charge < -0.3 is 10.2 Å². The van der Waals surface area contributed by atoms with E-state index in [4.69, 9.17) is 5.26 Å². The van der Waals surface area contributed by atoms with Gasteiger partial charge in [-0.15, -0.1) is 0 Å². The Balaban J connectivity index is 1.92. The summed E-state index contributed by atoms with van der Waals surface area (Å²) in [5.74, 6) is 0. The van der Waals surface area contributed by atoms with E-state index in [1.54, 1.807) is 18.2 Å². The molecule has 2 amide bonds. The number of carbonyl (C=O) groups is 1. The van der Waals surface area contributed by atoms with Gasteiger partial charge in [-0.25, -0.2) is 4.79 Å². The van der Waals surface area contributed by atoms with Crippen LogP contribution in [0.1, 0.15) is 25.8 Å². The van der Waals surface area contributed by atoms with Crippen LogP contribution in [0.15, 0.2) is 24.3 Å². The lowest BCUT2D eigenvalue weighted by atomic mass is 10.2. The van der Waals surface area contributed by atoms with Gasteiger partial charge in [-0.3, -0.25) is 4.90 Å². The molecule has 0 aromatic heterocycles. The fourth-order valence-corrected chi connectivity index (χ4v) is 2.51. The summed E-state index contributed by atoms with van der Waals surface area (Å²) in [6.07, 6.45) is 1.13. The van der Waals surface area contributed by atoms with Crippen molar-refractivity contribution in [1.29, 1.82) is 5.26 Å². The summed E-state index contributed by atoms with van der Waals surface area (Å²) < 4.78 is 0. The first kappa shape index (κ1) is 15.3. The normalized spacial score (nSPS) is 17.1. The van der Waals surface area contributed by atoms with Crippen molar-refractivity contribution in [2.45, 2.75) is 26.3 Å². The number of rotatable bonds is 3. The van der Waals surface area contributed by atoms with Crippen LogP contribution in [0, 0.1) is 11.3 Å². The Labute approximate surface area is 126 Å². The van der Waals surface area contributed by atoms with E-state index in [1.165, 1.54) is 0 Å². The summed E-state index contributed by atoms with van der Waals surface area (Å²) in [4.78, 5) is 16.5. The molecule has 1 fully saturated rings. The Morgan fingerprint density at radius 1 is 1.33 bits per heavy atom. The average molecular weight is 286 g/mol. The molecule has 1 atom stereocenters. The predicted octanol–water partition coefficient (Wildman–Crippen LogP) is 2.51. The van der Waals surface area contributed by atoms with Crippen molar-refractivity contribution in [2.75, 3.05) is 31.5 Å². The van der Waals surface area contributed by atoms with Crippen molar-refractivity contribution in [3.8, 4) is 6.07 Å². The molecule has 1 aromatic carbocycles. The monoisotopic (exact) mass is 286 g/mol. The second-order valence-corrected chi connectivity index (χ2v) is 5.37. The van der Waals surface area contributed by atoms with E-state index in [2.05, 4.69) is 30.1 Å². The molecular weight excluding hydrogens is 264 g/mol. The third-order valence-corrected chi connectivity index (χ3v) is 4.10. The van der Waals surface area contributed by atoms with Crippen molar-refractivity contribution in [1.82, 2.24) is 9.80 Å². The highest BCUT2D eigenvalue weighted by Crippen LogP contribution is 2.15. The molecule has 1 N–H and O–H groups in total. The molecule has 1 unspecified atom stereocenters. The third-order valence-electron chi connectivity index (χ3n) is 4.10. The molecule has 112 valence electrons. The number of benzene rings is 1. The summed E-state index contributed by atoms with van der Waals surface area (Å²) in [6.45, 7) is 7.67. The lowest BCUT2D eigenvalue weighted by Gasteiger charge is -2.37. The van der Waals surface area contributed by atoms with Gasteiger partial charge in [0, 0.05) is 32.2 Å². The number of carbonyl (C=O) groups excluding carboxylic acids is 1. The number of nitrogens with zero attached hydrogens (tertiary/aromatic N) is 3. The highest BCUT2D eigenvalue weighted by Gasteiger charge is 2.23. The minimum Gasteiger partial charge on any atom is -0.322 e. The molecule has 0 radical (unpaired) electrons. The number of anilines is 1. The van der Waals surface area contributed by atoms with Gasteiger partial charge in [0.25, 0.3) is 0 Å².